The fourth-order valence-electron chi connectivity index (χ4n) is 2.12. The normalized spacial score (nSPS) is 10.6. The maximum atomic E-state index is 12.1. The molecule has 1 nitrogen and oxygen atoms in total. The lowest BCUT2D eigenvalue weighted by molar-refractivity contribution is -0.120. The average molecular weight is 240 g/mol. The third-order valence-electron chi connectivity index (χ3n) is 3.41. The zero-order valence-electron chi connectivity index (χ0n) is 10.2. The molecule has 0 unspecified atom stereocenters. The molecule has 0 spiro atoms. The topological polar surface area (TPSA) is 17.1 Å². The molecule has 0 atom stereocenters. The van der Waals surface area contributed by atoms with Crippen LogP contribution >= 0.6 is 0 Å². The van der Waals surface area contributed by atoms with Gasteiger partial charge < -0.3 is 0 Å². The Morgan fingerprint density at radius 3 is 1.44 bits per heavy atom. The summed E-state index contributed by atoms with van der Waals surface area (Å²) in [6, 6.07) is 19.9. The standard InChI is InChI=1S/C16H16O.CH4/c1-13(17)16(2,14-9-5-3-6-10-14)15-11-7-4-8-12-15;/h3-12H,1-2H3;1H4. The Morgan fingerprint density at radius 1 is 0.833 bits per heavy atom. The van der Waals surface area contributed by atoms with Gasteiger partial charge in [0.25, 0.3) is 0 Å². The van der Waals surface area contributed by atoms with E-state index in [4.69, 9.17) is 0 Å². The summed E-state index contributed by atoms with van der Waals surface area (Å²) in [7, 11) is 0. The van der Waals surface area contributed by atoms with E-state index in [1.807, 2.05) is 67.6 Å². The zero-order valence-corrected chi connectivity index (χ0v) is 10.2. The molecular weight excluding hydrogens is 220 g/mol. The Balaban J connectivity index is 0.00000162. The van der Waals surface area contributed by atoms with Crippen LogP contribution in [0, 0.1) is 0 Å². The van der Waals surface area contributed by atoms with Crippen LogP contribution in [0.3, 0.4) is 0 Å². The Kier molecular flexibility index (Phi) is 4.43. The largest absolute Gasteiger partial charge is 0.299 e. The molecule has 0 N–H and O–H groups in total. The Bertz CT molecular complexity index is 460. The zero-order chi connectivity index (χ0) is 12.3. The van der Waals surface area contributed by atoms with Gasteiger partial charge in [-0.05, 0) is 25.0 Å². The Labute approximate surface area is 109 Å². The van der Waals surface area contributed by atoms with E-state index in [-0.39, 0.29) is 13.2 Å². The molecule has 0 amide bonds. The van der Waals surface area contributed by atoms with Crippen LogP contribution in [0.25, 0.3) is 0 Å². The van der Waals surface area contributed by atoms with Crippen LogP contribution in [0.1, 0.15) is 32.4 Å². The molecule has 0 radical (unpaired) electrons. The van der Waals surface area contributed by atoms with E-state index in [1.54, 1.807) is 6.92 Å². The summed E-state index contributed by atoms with van der Waals surface area (Å²) < 4.78 is 0. The summed E-state index contributed by atoms with van der Waals surface area (Å²) in [6.45, 7) is 3.64. The van der Waals surface area contributed by atoms with Crippen molar-refractivity contribution in [2.45, 2.75) is 26.7 Å². The first-order chi connectivity index (χ1) is 8.15. The molecule has 94 valence electrons. The highest BCUT2D eigenvalue weighted by Crippen LogP contribution is 2.32. The van der Waals surface area contributed by atoms with E-state index in [0.29, 0.717) is 0 Å². The average Bonchev–Trinajstić information content (AvgIpc) is 2.39. The van der Waals surface area contributed by atoms with Crippen LogP contribution in [0.4, 0.5) is 0 Å². The van der Waals surface area contributed by atoms with E-state index >= 15 is 0 Å². The molecule has 0 aliphatic carbocycles. The number of benzene rings is 2. The van der Waals surface area contributed by atoms with Crippen LogP contribution in [0.15, 0.2) is 60.7 Å². The quantitative estimate of drug-likeness (QED) is 0.785. The van der Waals surface area contributed by atoms with Gasteiger partial charge in [0.15, 0.2) is 0 Å². The van der Waals surface area contributed by atoms with Gasteiger partial charge in [0.05, 0.1) is 5.41 Å². The van der Waals surface area contributed by atoms with Gasteiger partial charge in [0, 0.05) is 0 Å². The number of carbonyl (C=O) groups excluding carboxylic acids is 1. The van der Waals surface area contributed by atoms with Crippen molar-refractivity contribution in [3.05, 3.63) is 71.8 Å². The summed E-state index contributed by atoms with van der Waals surface area (Å²) in [5.74, 6) is 0.162. The van der Waals surface area contributed by atoms with Crippen molar-refractivity contribution in [1.29, 1.82) is 0 Å². The van der Waals surface area contributed by atoms with Crippen molar-refractivity contribution in [2.24, 2.45) is 0 Å². The highest BCUT2D eigenvalue weighted by molar-refractivity contribution is 5.91. The second-order valence-electron chi connectivity index (χ2n) is 4.41. The van der Waals surface area contributed by atoms with Gasteiger partial charge in [-0.3, -0.25) is 4.79 Å². The molecule has 0 bridgehead atoms. The minimum absolute atomic E-state index is 0. The van der Waals surface area contributed by atoms with E-state index < -0.39 is 5.41 Å². The fraction of sp³-hybridized carbons (Fsp3) is 0.235. The maximum Gasteiger partial charge on any atom is 0.144 e. The number of ketones is 1. The molecule has 0 aromatic heterocycles. The molecule has 2 aromatic rings. The SMILES string of the molecule is C.CC(=O)C(C)(c1ccccc1)c1ccccc1. The molecule has 0 saturated heterocycles. The van der Waals surface area contributed by atoms with Gasteiger partial charge >= 0.3 is 0 Å². The van der Waals surface area contributed by atoms with Crippen LogP contribution in [-0.4, -0.2) is 5.78 Å². The number of hydrogen-bond acceptors (Lipinski definition) is 1. The van der Waals surface area contributed by atoms with Gasteiger partial charge in [-0.15, -0.1) is 0 Å². The number of rotatable bonds is 3. The van der Waals surface area contributed by atoms with E-state index in [1.165, 1.54) is 0 Å². The fourth-order valence-corrected chi connectivity index (χ4v) is 2.12. The highest BCUT2D eigenvalue weighted by Gasteiger charge is 2.33. The molecule has 0 aliphatic heterocycles. The molecule has 2 aromatic carbocycles. The van der Waals surface area contributed by atoms with Crippen LogP contribution in [0.5, 0.6) is 0 Å². The lowest BCUT2D eigenvalue weighted by Crippen LogP contribution is -2.31. The van der Waals surface area contributed by atoms with E-state index in [0.717, 1.165) is 11.1 Å². The summed E-state index contributed by atoms with van der Waals surface area (Å²) in [5.41, 5.74) is 1.53. The minimum atomic E-state index is -0.553. The Morgan fingerprint density at radius 2 is 1.17 bits per heavy atom. The summed E-state index contributed by atoms with van der Waals surface area (Å²) >= 11 is 0. The number of hydrogen-bond donors (Lipinski definition) is 0. The number of Topliss-reactive ketones (excluding diaryl/α,β-unsaturated/α-hetero) is 1. The van der Waals surface area contributed by atoms with Gasteiger partial charge in [0.1, 0.15) is 5.78 Å². The summed E-state index contributed by atoms with van der Waals surface area (Å²) in [5, 5.41) is 0. The van der Waals surface area contributed by atoms with Crippen molar-refractivity contribution >= 4 is 5.78 Å². The van der Waals surface area contributed by atoms with Crippen molar-refractivity contribution in [1.82, 2.24) is 0 Å². The molecule has 0 fully saturated rings. The van der Waals surface area contributed by atoms with Crippen LogP contribution < -0.4 is 0 Å². The highest BCUT2D eigenvalue weighted by atomic mass is 16.1. The second-order valence-corrected chi connectivity index (χ2v) is 4.41. The lowest BCUT2D eigenvalue weighted by atomic mass is 9.73. The third kappa shape index (κ3) is 2.35. The molecule has 18 heavy (non-hydrogen) atoms. The lowest BCUT2D eigenvalue weighted by Gasteiger charge is -2.28. The van der Waals surface area contributed by atoms with E-state index in [2.05, 4.69) is 0 Å². The van der Waals surface area contributed by atoms with Gasteiger partial charge in [-0.2, -0.15) is 0 Å². The minimum Gasteiger partial charge on any atom is -0.299 e. The van der Waals surface area contributed by atoms with Crippen molar-refractivity contribution in [3.63, 3.8) is 0 Å². The van der Waals surface area contributed by atoms with Gasteiger partial charge in [0.2, 0.25) is 0 Å². The predicted molar refractivity (Wildman–Crippen MR) is 76.8 cm³/mol. The van der Waals surface area contributed by atoms with Crippen LogP contribution in [-0.2, 0) is 10.2 Å². The molecule has 0 heterocycles. The first-order valence-electron chi connectivity index (χ1n) is 5.78. The molecule has 2 rings (SSSR count). The second kappa shape index (κ2) is 5.63. The first kappa shape index (κ1) is 14.2. The number of carbonyl (C=O) groups is 1. The van der Waals surface area contributed by atoms with Crippen molar-refractivity contribution in [3.8, 4) is 0 Å². The smallest absolute Gasteiger partial charge is 0.144 e. The predicted octanol–water partition coefficient (Wildman–Crippen LogP) is 4.22. The summed E-state index contributed by atoms with van der Waals surface area (Å²) in [4.78, 5) is 12.1. The van der Waals surface area contributed by atoms with E-state index in [9.17, 15) is 4.79 Å². The first-order valence-corrected chi connectivity index (χ1v) is 5.78. The molecule has 0 aliphatic rings. The molecule has 0 saturated carbocycles. The van der Waals surface area contributed by atoms with Crippen molar-refractivity contribution in [2.75, 3.05) is 0 Å². The molecule has 1 heteroatoms. The monoisotopic (exact) mass is 240 g/mol. The third-order valence-corrected chi connectivity index (χ3v) is 3.41. The summed E-state index contributed by atoms with van der Waals surface area (Å²) in [6.07, 6.45) is 0. The maximum absolute atomic E-state index is 12.1. The van der Waals surface area contributed by atoms with Gasteiger partial charge in [-0.1, -0.05) is 68.1 Å². The molecular formula is C17H20O. The van der Waals surface area contributed by atoms with Crippen molar-refractivity contribution < 1.29 is 4.79 Å². The van der Waals surface area contributed by atoms with Crippen LogP contribution in [0.2, 0.25) is 0 Å². The van der Waals surface area contributed by atoms with Gasteiger partial charge in [-0.25, -0.2) is 0 Å². The Hall–Kier alpha value is -1.89.